The summed E-state index contributed by atoms with van der Waals surface area (Å²) < 4.78 is 67.6. The fourth-order valence-electron chi connectivity index (χ4n) is 5.95. The molecule has 6 rings (SSSR count). The number of hydrogen-bond acceptors (Lipinski definition) is 9. The highest BCUT2D eigenvalue weighted by Gasteiger charge is 2.39. The van der Waals surface area contributed by atoms with Gasteiger partial charge in [-0.05, 0) is 43.9 Å². The van der Waals surface area contributed by atoms with Crippen LogP contribution in [0.15, 0.2) is 57.2 Å². The Balaban J connectivity index is 1.30. The van der Waals surface area contributed by atoms with Crippen molar-refractivity contribution < 1.29 is 21.6 Å². The summed E-state index contributed by atoms with van der Waals surface area (Å²) in [4.78, 5) is 28.9. The molecule has 0 bridgehead atoms. The number of anilines is 2. The highest BCUT2D eigenvalue weighted by molar-refractivity contribution is 7.90. The monoisotopic (exact) mass is 615 g/mol. The normalized spacial score (nSPS) is 19.5. The zero-order valence-electron chi connectivity index (χ0n) is 23.2. The van der Waals surface area contributed by atoms with Gasteiger partial charge in [0.15, 0.2) is 11.3 Å². The molecule has 3 heterocycles. The molecule has 15 heteroatoms. The average Bonchev–Trinajstić information content (AvgIpc) is 3.69. The molecule has 0 saturated heterocycles. The Kier molecular flexibility index (Phi) is 7.02. The van der Waals surface area contributed by atoms with Crippen LogP contribution in [0.4, 0.5) is 24.5 Å². The van der Waals surface area contributed by atoms with Crippen LogP contribution in [-0.4, -0.2) is 50.7 Å². The Morgan fingerprint density at radius 2 is 1.74 bits per heavy atom. The van der Waals surface area contributed by atoms with Crippen LogP contribution in [0.3, 0.4) is 0 Å². The highest BCUT2D eigenvalue weighted by Crippen LogP contribution is 2.43. The lowest BCUT2D eigenvalue weighted by molar-refractivity contribution is -0.131. The maximum Gasteiger partial charge on any atom is 0.390 e. The van der Waals surface area contributed by atoms with E-state index >= 15 is 0 Å². The second-order valence-corrected chi connectivity index (χ2v) is 12.8. The van der Waals surface area contributed by atoms with E-state index in [2.05, 4.69) is 25.8 Å². The molecule has 11 nitrogen and oxygen atoms in total. The summed E-state index contributed by atoms with van der Waals surface area (Å²) in [6.07, 6.45) is -0.720. The van der Waals surface area contributed by atoms with Crippen molar-refractivity contribution in [2.75, 3.05) is 17.2 Å². The Hall–Kier alpha value is -4.27. The van der Waals surface area contributed by atoms with Crippen LogP contribution >= 0.6 is 0 Å². The predicted molar refractivity (Wildman–Crippen MR) is 154 cm³/mol. The molecule has 1 aliphatic carbocycles. The van der Waals surface area contributed by atoms with Crippen LogP contribution in [0.1, 0.15) is 49.9 Å². The zero-order valence-corrected chi connectivity index (χ0v) is 24.0. The minimum Gasteiger partial charge on any atom is -0.380 e. The van der Waals surface area contributed by atoms with Crippen molar-refractivity contribution >= 4 is 38.2 Å². The predicted octanol–water partition coefficient (Wildman–Crippen LogP) is 3.97. The molecule has 1 saturated carbocycles. The van der Waals surface area contributed by atoms with Gasteiger partial charge in [0.05, 0.1) is 23.0 Å². The molecule has 0 radical (unpaired) electrons. The lowest BCUT2D eigenvalue weighted by Crippen LogP contribution is -2.39. The van der Waals surface area contributed by atoms with Gasteiger partial charge in [0.2, 0.25) is 0 Å². The molecule has 2 N–H and O–H groups in total. The maximum atomic E-state index is 13.5. The SMILES string of the molecule is CCC1CC(Nc2c(NCCC(F)(F)F)c(=O)c2=O)CC1c1nnc2cnc3c(ccn3S(=O)(=O)c3ccc(C)cc3)n12. The maximum absolute atomic E-state index is 13.5. The van der Waals surface area contributed by atoms with Gasteiger partial charge in [-0.3, -0.25) is 14.0 Å². The van der Waals surface area contributed by atoms with Crippen LogP contribution < -0.4 is 21.5 Å². The Morgan fingerprint density at radius 1 is 1.02 bits per heavy atom. The van der Waals surface area contributed by atoms with Gasteiger partial charge >= 0.3 is 6.18 Å². The first kappa shape index (κ1) is 28.8. The van der Waals surface area contributed by atoms with Gasteiger partial charge in [-0.2, -0.15) is 13.2 Å². The fourth-order valence-corrected chi connectivity index (χ4v) is 7.25. The van der Waals surface area contributed by atoms with Crippen molar-refractivity contribution in [3.05, 3.63) is 74.6 Å². The van der Waals surface area contributed by atoms with Crippen molar-refractivity contribution in [2.45, 2.75) is 62.6 Å². The number of rotatable bonds is 9. The van der Waals surface area contributed by atoms with E-state index in [1.54, 1.807) is 34.7 Å². The summed E-state index contributed by atoms with van der Waals surface area (Å²) in [5, 5.41) is 14.3. The fraction of sp³-hybridized carbons (Fsp3) is 0.393. The number of alkyl halides is 3. The molecule has 2 aromatic carbocycles. The second-order valence-electron chi connectivity index (χ2n) is 10.9. The van der Waals surface area contributed by atoms with Gasteiger partial charge in [-0.1, -0.05) is 31.0 Å². The molecule has 3 unspecified atom stereocenters. The minimum absolute atomic E-state index is 0.00348. The molecule has 3 aromatic heterocycles. The standard InChI is InChI=1S/C28H28F3N7O4S/c1-3-16-12-17(34-23-22(24(39)25(23)40)32-10-9-28(29,30)31)13-19(16)26-36-35-21-14-33-27-20(38(21)26)8-11-37(27)43(41,42)18-6-4-15(2)5-7-18/h4-8,11,14,16-17,19,32,34H,3,9-10,12-13H2,1-2H3. The summed E-state index contributed by atoms with van der Waals surface area (Å²) in [5.74, 6) is 0.561. The third-order valence-corrected chi connectivity index (χ3v) is 9.84. The van der Waals surface area contributed by atoms with Gasteiger partial charge in [0.25, 0.3) is 20.9 Å². The number of fused-ring (bicyclic) bond motifs is 3. The molecule has 3 atom stereocenters. The molecular formula is C28H28F3N7O4S. The molecule has 0 spiro atoms. The van der Waals surface area contributed by atoms with Crippen LogP contribution in [0.2, 0.25) is 0 Å². The van der Waals surface area contributed by atoms with E-state index in [1.807, 2.05) is 13.8 Å². The van der Waals surface area contributed by atoms with E-state index < -0.39 is 40.0 Å². The summed E-state index contributed by atoms with van der Waals surface area (Å²) >= 11 is 0. The van der Waals surface area contributed by atoms with Gasteiger partial charge in [-0.15, -0.1) is 10.2 Å². The van der Waals surface area contributed by atoms with E-state index in [-0.39, 0.29) is 39.8 Å². The highest BCUT2D eigenvalue weighted by atomic mass is 32.2. The Morgan fingerprint density at radius 3 is 2.44 bits per heavy atom. The number of aromatic nitrogens is 5. The average molecular weight is 616 g/mol. The third-order valence-electron chi connectivity index (χ3n) is 8.16. The number of benzene rings is 1. The smallest absolute Gasteiger partial charge is 0.380 e. The largest absolute Gasteiger partial charge is 0.390 e. The summed E-state index contributed by atoms with van der Waals surface area (Å²) in [6, 6.07) is 7.94. The lowest BCUT2D eigenvalue weighted by Gasteiger charge is -2.19. The quantitative estimate of drug-likeness (QED) is 0.236. The number of nitrogens with zero attached hydrogens (tertiary/aromatic N) is 5. The summed E-state index contributed by atoms with van der Waals surface area (Å²) in [6.45, 7) is 3.38. The first-order valence-corrected chi connectivity index (χ1v) is 15.3. The zero-order chi connectivity index (χ0) is 30.7. The summed E-state index contributed by atoms with van der Waals surface area (Å²) in [7, 11) is -3.93. The van der Waals surface area contributed by atoms with E-state index in [0.717, 1.165) is 16.0 Å². The van der Waals surface area contributed by atoms with Crippen molar-refractivity contribution in [1.82, 2.24) is 23.6 Å². The third kappa shape index (κ3) is 5.04. The van der Waals surface area contributed by atoms with Crippen molar-refractivity contribution in [2.24, 2.45) is 5.92 Å². The van der Waals surface area contributed by atoms with E-state index in [9.17, 15) is 31.2 Å². The molecule has 1 aliphatic rings. The first-order valence-electron chi connectivity index (χ1n) is 13.8. The molecule has 226 valence electrons. The molecule has 0 aliphatic heterocycles. The summed E-state index contributed by atoms with van der Waals surface area (Å²) in [5.41, 5.74) is 0.381. The van der Waals surface area contributed by atoms with Crippen LogP contribution in [0, 0.1) is 12.8 Å². The lowest BCUT2D eigenvalue weighted by atomic mass is 9.93. The van der Waals surface area contributed by atoms with E-state index in [1.165, 1.54) is 12.4 Å². The van der Waals surface area contributed by atoms with Crippen LogP contribution in [-0.2, 0) is 10.0 Å². The van der Waals surface area contributed by atoms with E-state index in [0.29, 0.717) is 29.8 Å². The topological polar surface area (TPSA) is 140 Å². The minimum atomic E-state index is -4.39. The number of hydrogen-bond donors (Lipinski definition) is 2. The molecule has 43 heavy (non-hydrogen) atoms. The van der Waals surface area contributed by atoms with Gasteiger partial charge in [0.1, 0.15) is 17.2 Å². The van der Waals surface area contributed by atoms with Crippen LogP contribution in [0.5, 0.6) is 0 Å². The number of aryl methyl sites for hydroxylation is 1. The first-order chi connectivity index (χ1) is 20.4. The van der Waals surface area contributed by atoms with Gasteiger partial charge in [-0.25, -0.2) is 17.4 Å². The molecule has 0 amide bonds. The second kappa shape index (κ2) is 10.5. The Labute approximate surface area is 243 Å². The Bertz CT molecular complexity index is 2010. The van der Waals surface area contributed by atoms with Gasteiger partial charge in [0, 0.05) is 24.7 Å². The molecule has 1 fully saturated rings. The van der Waals surface area contributed by atoms with Crippen LogP contribution in [0.25, 0.3) is 16.8 Å². The molecule has 5 aromatic rings. The van der Waals surface area contributed by atoms with E-state index in [4.69, 9.17) is 0 Å². The van der Waals surface area contributed by atoms with Crippen molar-refractivity contribution in [3.63, 3.8) is 0 Å². The van der Waals surface area contributed by atoms with Crippen molar-refractivity contribution in [3.8, 4) is 0 Å². The number of nitrogens with one attached hydrogen (secondary N) is 2. The number of halogens is 3. The molecular weight excluding hydrogens is 587 g/mol. The van der Waals surface area contributed by atoms with Gasteiger partial charge < -0.3 is 10.6 Å². The van der Waals surface area contributed by atoms with Crippen molar-refractivity contribution in [1.29, 1.82) is 0 Å².